The highest BCUT2D eigenvalue weighted by Gasteiger charge is 2.18. The number of fused-ring (bicyclic) bond motifs is 2. The number of aryl methyl sites for hydroxylation is 1. The molecule has 1 aliphatic heterocycles. The average molecular weight is 385 g/mol. The summed E-state index contributed by atoms with van der Waals surface area (Å²) in [6.45, 7) is 2.72. The molecule has 0 atom stereocenters. The van der Waals surface area contributed by atoms with Gasteiger partial charge < -0.3 is 19.5 Å². The Bertz CT molecular complexity index is 1050. The highest BCUT2D eigenvalue weighted by molar-refractivity contribution is 6.34. The van der Waals surface area contributed by atoms with Crippen LogP contribution >= 0.6 is 11.6 Å². The fraction of sp³-hybridized carbons (Fsp3) is 0.200. The van der Waals surface area contributed by atoms with E-state index >= 15 is 0 Å². The van der Waals surface area contributed by atoms with Crippen molar-refractivity contribution in [2.45, 2.75) is 6.92 Å². The predicted octanol–water partition coefficient (Wildman–Crippen LogP) is 4.23. The Morgan fingerprint density at radius 1 is 1.15 bits per heavy atom. The first kappa shape index (κ1) is 17.4. The molecule has 0 fully saturated rings. The first-order valence-corrected chi connectivity index (χ1v) is 8.79. The number of carbonyl (C=O) groups excluding carboxylic acids is 1. The average Bonchev–Trinajstić information content (AvgIpc) is 2.67. The number of pyridine rings is 1. The zero-order chi connectivity index (χ0) is 19.0. The SMILES string of the molecule is COc1ccc2cc(C(=O)Nc3cc4c(cc3Cl)OCCO4)c(C)nc2c1. The van der Waals surface area contributed by atoms with Gasteiger partial charge in [-0.15, -0.1) is 0 Å². The molecule has 1 aliphatic rings. The third kappa shape index (κ3) is 3.36. The van der Waals surface area contributed by atoms with Crippen molar-refractivity contribution in [1.29, 1.82) is 0 Å². The number of rotatable bonds is 3. The normalized spacial score (nSPS) is 12.7. The summed E-state index contributed by atoms with van der Waals surface area (Å²) in [5.74, 6) is 1.55. The summed E-state index contributed by atoms with van der Waals surface area (Å²) in [5, 5.41) is 4.06. The molecule has 0 aliphatic carbocycles. The van der Waals surface area contributed by atoms with E-state index in [1.54, 1.807) is 32.2 Å². The lowest BCUT2D eigenvalue weighted by Gasteiger charge is -2.20. The number of hydrogen-bond donors (Lipinski definition) is 1. The topological polar surface area (TPSA) is 69.7 Å². The van der Waals surface area contributed by atoms with Crippen molar-refractivity contribution >= 4 is 34.1 Å². The van der Waals surface area contributed by atoms with Crippen molar-refractivity contribution in [2.24, 2.45) is 0 Å². The second-order valence-corrected chi connectivity index (χ2v) is 6.52. The lowest BCUT2D eigenvalue weighted by Crippen LogP contribution is -2.17. The van der Waals surface area contributed by atoms with Crippen molar-refractivity contribution in [1.82, 2.24) is 4.98 Å². The molecule has 1 aromatic heterocycles. The highest BCUT2D eigenvalue weighted by atomic mass is 35.5. The molecule has 0 bridgehead atoms. The van der Waals surface area contributed by atoms with Gasteiger partial charge in [0.1, 0.15) is 19.0 Å². The van der Waals surface area contributed by atoms with Gasteiger partial charge in [-0.05, 0) is 25.1 Å². The van der Waals surface area contributed by atoms with E-state index in [4.69, 9.17) is 25.8 Å². The number of nitrogens with one attached hydrogen (secondary N) is 1. The molecule has 6 nitrogen and oxygen atoms in total. The van der Waals surface area contributed by atoms with Crippen LogP contribution < -0.4 is 19.5 Å². The van der Waals surface area contributed by atoms with Gasteiger partial charge in [0.2, 0.25) is 0 Å². The van der Waals surface area contributed by atoms with Gasteiger partial charge in [0.25, 0.3) is 5.91 Å². The Hall–Kier alpha value is -2.99. The lowest BCUT2D eigenvalue weighted by molar-refractivity contribution is 0.102. The molecule has 0 spiro atoms. The molecule has 1 amide bonds. The lowest BCUT2D eigenvalue weighted by atomic mass is 10.1. The van der Waals surface area contributed by atoms with Gasteiger partial charge in [0.15, 0.2) is 11.5 Å². The van der Waals surface area contributed by atoms with Crippen LogP contribution in [0.5, 0.6) is 17.2 Å². The molecular formula is C20H17ClN2O4. The summed E-state index contributed by atoms with van der Waals surface area (Å²) < 4.78 is 16.3. The number of halogens is 1. The van der Waals surface area contributed by atoms with Gasteiger partial charge in [-0.3, -0.25) is 9.78 Å². The van der Waals surface area contributed by atoms with Crippen molar-refractivity contribution in [3.05, 3.63) is 52.7 Å². The van der Waals surface area contributed by atoms with Crippen LogP contribution in [0, 0.1) is 6.92 Å². The molecule has 0 unspecified atom stereocenters. The van der Waals surface area contributed by atoms with Gasteiger partial charge in [-0.1, -0.05) is 11.6 Å². The Labute approximate surface area is 161 Å². The van der Waals surface area contributed by atoms with E-state index in [9.17, 15) is 4.79 Å². The van der Waals surface area contributed by atoms with E-state index in [-0.39, 0.29) is 5.91 Å². The number of hydrogen-bond acceptors (Lipinski definition) is 5. The maximum Gasteiger partial charge on any atom is 0.257 e. The fourth-order valence-corrected chi connectivity index (χ4v) is 3.15. The second-order valence-electron chi connectivity index (χ2n) is 6.11. The summed E-state index contributed by atoms with van der Waals surface area (Å²) in [4.78, 5) is 17.3. The molecule has 0 radical (unpaired) electrons. The van der Waals surface area contributed by atoms with Gasteiger partial charge in [-0.25, -0.2) is 0 Å². The second kappa shape index (κ2) is 6.96. The zero-order valence-corrected chi connectivity index (χ0v) is 15.6. The summed E-state index contributed by atoms with van der Waals surface area (Å²) in [6.07, 6.45) is 0. The molecular weight excluding hydrogens is 368 g/mol. The van der Waals surface area contributed by atoms with Crippen LogP contribution in [-0.2, 0) is 0 Å². The van der Waals surface area contributed by atoms with Gasteiger partial charge in [0, 0.05) is 23.6 Å². The molecule has 2 aromatic carbocycles. The third-order valence-electron chi connectivity index (χ3n) is 4.34. The molecule has 0 saturated heterocycles. The fourth-order valence-electron chi connectivity index (χ4n) is 2.95. The molecule has 4 rings (SSSR count). The van der Waals surface area contributed by atoms with E-state index in [2.05, 4.69) is 10.3 Å². The highest BCUT2D eigenvalue weighted by Crippen LogP contribution is 2.38. The van der Waals surface area contributed by atoms with Gasteiger partial charge in [-0.2, -0.15) is 0 Å². The van der Waals surface area contributed by atoms with Gasteiger partial charge >= 0.3 is 0 Å². The maximum absolute atomic E-state index is 12.8. The standard InChI is InChI=1S/C20H17ClN2O4/c1-11-14(7-12-3-4-13(25-2)8-16(12)22-11)20(24)23-17-10-19-18(9-15(17)21)26-5-6-27-19/h3-4,7-10H,5-6H2,1-2H3,(H,23,24). The molecule has 0 saturated carbocycles. The van der Waals surface area contributed by atoms with E-state index in [0.29, 0.717) is 46.7 Å². The predicted molar refractivity (Wildman–Crippen MR) is 103 cm³/mol. The quantitative estimate of drug-likeness (QED) is 0.731. The Morgan fingerprint density at radius 2 is 1.89 bits per heavy atom. The zero-order valence-electron chi connectivity index (χ0n) is 14.8. The minimum Gasteiger partial charge on any atom is -0.497 e. The van der Waals surface area contributed by atoms with Crippen molar-refractivity contribution in [2.75, 3.05) is 25.6 Å². The number of ether oxygens (including phenoxy) is 3. The van der Waals surface area contributed by atoms with Crippen LogP contribution in [-0.4, -0.2) is 31.2 Å². The third-order valence-corrected chi connectivity index (χ3v) is 4.65. The van der Waals surface area contributed by atoms with Crippen LogP contribution in [0.25, 0.3) is 10.9 Å². The summed E-state index contributed by atoms with van der Waals surface area (Å²) in [5.41, 5.74) is 2.31. The Kier molecular flexibility index (Phi) is 4.49. The summed E-state index contributed by atoms with van der Waals surface area (Å²) in [6, 6.07) is 10.7. The van der Waals surface area contributed by atoms with E-state index < -0.39 is 0 Å². The molecule has 3 aromatic rings. The molecule has 27 heavy (non-hydrogen) atoms. The smallest absolute Gasteiger partial charge is 0.257 e. The van der Waals surface area contributed by atoms with Crippen LogP contribution in [0.15, 0.2) is 36.4 Å². The van der Waals surface area contributed by atoms with E-state index in [1.807, 2.05) is 18.2 Å². The number of aromatic nitrogens is 1. The monoisotopic (exact) mass is 384 g/mol. The van der Waals surface area contributed by atoms with E-state index in [1.165, 1.54) is 0 Å². The molecule has 138 valence electrons. The van der Waals surface area contributed by atoms with Crippen molar-refractivity contribution in [3.63, 3.8) is 0 Å². The number of carbonyl (C=O) groups is 1. The first-order chi connectivity index (χ1) is 13.0. The first-order valence-electron chi connectivity index (χ1n) is 8.41. The van der Waals surface area contributed by atoms with Crippen molar-refractivity contribution < 1.29 is 19.0 Å². The van der Waals surface area contributed by atoms with Gasteiger partial charge in [0.05, 0.1) is 34.6 Å². The van der Waals surface area contributed by atoms with Crippen LogP contribution in [0.3, 0.4) is 0 Å². The van der Waals surface area contributed by atoms with Crippen LogP contribution in [0.4, 0.5) is 5.69 Å². The number of nitrogens with zero attached hydrogens (tertiary/aromatic N) is 1. The maximum atomic E-state index is 12.8. The van der Waals surface area contributed by atoms with Crippen LogP contribution in [0.2, 0.25) is 5.02 Å². The molecule has 7 heteroatoms. The van der Waals surface area contributed by atoms with Crippen molar-refractivity contribution in [3.8, 4) is 17.2 Å². The number of methoxy groups -OCH3 is 1. The number of amides is 1. The number of anilines is 1. The van der Waals surface area contributed by atoms with Crippen LogP contribution in [0.1, 0.15) is 16.1 Å². The Balaban J connectivity index is 1.66. The molecule has 2 heterocycles. The largest absolute Gasteiger partial charge is 0.497 e. The molecule has 1 N–H and O–H groups in total. The van der Waals surface area contributed by atoms with E-state index in [0.717, 1.165) is 16.7 Å². The summed E-state index contributed by atoms with van der Waals surface area (Å²) in [7, 11) is 1.60. The Morgan fingerprint density at radius 3 is 2.63 bits per heavy atom. The summed E-state index contributed by atoms with van der Waals surface area (Å²) >= 11 is 6.28. The minimum absolute atomic E-state index is 0.295. The minimum atomic E-state index is -0.295. The number of benzene rings is 2.